The lowest BCUT2D eigenvalue weighted by Crippen LogP contribution is -2.51. The van der Waals surface area contributed by atoms with E-state index < -0.39 is 11.9 Å². The molecule has 0 bridgehead atoms. The van der Waals surface area contributed by atoms with Gasteiger partial charge in [0.15, 0.2) is 10.9 Å². The van der Waals surface area contributed by atoms with E-state index in [2.05, 4.69) is 5.32 Å². The van der Waals surface area contributed by atoms with E-state index in [0.717, 1.165) is 11.3 Å². The Kier molecular flexibility index (Phi) is 6.73. The van der Waals surface area contributed by atoms with Crippen molar-refractivity contribution in [3.8, 4) is 0 Å². The van der Waals surface area contributed by atoms with Crippen LogP contribution < -0.4 is 5.32 Å². The fourth-order valence-corrected chi connectivity index (χ4v) is 4.54. The molecule has 11 heteroatoms. The number of thiocarbonyl (C=S) groups is 1. The number of anilines is 1. The molecule has 0 aliphatic carbocycles. The number of hydrogen-bond donors (Lipinski definition) is 1. The molecule has 1 aliphatic heterocycles. The first kappa shape index (κ1) is 21.8. The minimum Gasteiger partial charge on any atom is -0.465 e. The van der Waals surface area contributed by atoms with Crippen molar-refractivity contribution < 1.29 is 28.3 Å². The zero-order chi connectivity index (χ0) is 21.8. The molecule has 160 valence electrons. The van der Waals surface area contributed by atoms with Crippen LogP contribution in [0.1, 0.15) is 36.1 Å². The van der Waals surface area contributed by atoms with Crippen LogP contribution in [0.25, 0.3) is 0 Å². The molecular formula is C19H21N3O6S2. The molecule has 1 N–H and O–H groups in total. The summed E-state index contributed by atoms with van der Waals surface area (Å²) >= 11 is 6.58. The molecule has 1 fully saturated rings. The number of nitrogens with one attached hydrogen (secondary N) is 1. The molecule has 0 aromatic carbocycles. The van der Waals surface area contributed by atoms with E-state index >= 15 is 0 Å². The number of hydrogen-bond acceptors (Lipinski definition) is 8. The smallest absolute Gasteiger partial charge is 0.348 e. The summed E-state index contributed by atoms with van der Waals surface area (Å²) in [6.45, 7) is 3.63. The maximum atomic E-state index is 12.4. The first-order valence-electron chi connectivity index (χ1n) is 9.06. The van der Waals surface area contributed by atoms with Crippen molar-refractivity contribution in [2.45, 2.75) is 6.92 Å². The second kappa shape index (κ2) is 9.26. The van der Waals surface area contributed by atoms with Gasteiger partial charge in [-0.3, -0.25) is 4.79 Å². The van der Waals surface area contributed by atoms with Gasteiger partial charge in [-0.05, 0) is 36.8 Å². The highest BCUT2D eigenvalue weighted by molar-refractivity contribution is 7.80. The molecule has 0 atom stereocenters. The summed E-state index contributed by atoms with van der Waals surface area (Å²) in [5, 5.41) is 3.86. The number of carbonyl (C=O) groups is 3. The Labute approximate surface area is 182 Å². The second-order valence-electron chi connectivity index (χ2n) is 6.43. The lowest BCUT2D eigenvalue weighted by atomic mass is 10.1. The highest BCUT2D eigenvalue weighted by Gasteiger charge is 2.29. The topological polar surface area (TPSA) is 101 Å². The first-order chi connectivity index (χ1) is 14.4. The van der Waals surface area contributed by atoms with Crippen LogP contribution >= 0.6 is 23.6 Å². The van der Waals surface area contributed by atoms with Gasteiger partial charge in [0.25, 0.3) is 5.91 Å². The Morgan fingerprint density at radius 2 is 1.73 bits per heavy atom. The average molecular weight is 452 g/mol. The van der Waals surface area contributed by atoms with Gasteiger partial charge in [0.2, 0.25) is 0 Å². The van der Waals surface area contributed by atoms with Gasteiger partial charge < -0.3 is 29.0 Å². The van der Waals surface area contributed by atoms with Crippen molar-refractivity contribution >= 4 is 51.5 Å². The number of ether oxygens (including phenoxy) is 2. The third-order valence-electron chi connectivity index (χ3n) is 4.71. The normalized spacial score (nSPS) is 13.7. The van der Waals surface area contributed by atoms with E-state index in [4.69, 9.17) is 26.1 Å². The van der Waals surface area contributed by atoms with E-state index in [1.54, 1.807) is 24.0 Å². The quantitative estimate of drug-likeness (QED) is 0.554. The van der Waals surface area contributed by atoms with Crippen LogP contribution in [0, 0.1) is 6.92 Å². The Hall–Kier alpha value is -2.92. The number of furan rings is 1. The zero-order valence-electron chi connectivity index (χ0n) is 16.7. The predicted octanol–water partition coefficient (Wildman–Crippen LogP) is 2.38. The van der Waals surface area contributed by atoms with Gasteiger partial charge >= 0.3 is 11.9 Å². The summed E-state index contributed by atoms with van der Waals surface area (Å²) in [5.74, 6) is -0.968. The largest absolute Gasteiger partial charge is 0.465 e. The summed E-state index contributed by atoms with van der Waals surface area (Å²) in [5.41, 5.74) is 0.717. The number of esters is 2. The maximum absolute atomic E-state index is 12.4. The fraction of sp³-hybridized carbons (Fsp3) is 0.368. The number of thiophene rings is 1. The minimum absolute atomic E-state index is 0.164. The summed E-state index contributed by atoms with van der Waals surface area (Å²) in [6, 6.07) is 3.31. The van der Waals surface area contributed by atoms with Crippen molar-refractivity contribution in [2.75, 3.05) is 45.7 Å². The fourth-order valence-electron chi connectivity index (χ4n) is 3.08. The van der Waals surface area contributed by atoms with Gasteiger partial charge in [0, 0.05) is 26.2 Å². The van der Waals surface area contributed by atoms with Crippen LogP contribution in [0.3, 0.4) is 0 Å². The van der Waals surface area contributed by atoms with Crippen LogP contribution in [-0.2, 0) is 9.47 Å². The number of amides is 1. The average Bonchev–Trinajstić information content (AvgIpc) is 3.40. The molecule has 0 saturated carbocycles. The Morgan fingerprint density at radius 1 is 1.10 bits per heavy atom. The Morgan fingerprint density at radius 3 is 2.30 bits per heavy atom. The number of carbonyl (C=O) groups excluding carboxylic acids is 3. The molecule has 0 unspecified atom stereocenters. The molecule has 2 aromatic heterocycles. The van der Waals surface area contributed by atoms with Gasteiger partial charge in [-0.1, -0.05) is 0 Å². The standard InChI is InChI=1S/C19H21N3O6S2/c1-11-13(17(24)26-2)15(30-14(11)18(25)27-3)20-19(29)22-8-6-21(7-9-22)16(23)12-5-4-10-28-12/h4-5,10H,6-9H2,1-3H3,(H,20,29). The van der Waals surface area contributed by atoms with Gasteiger partial charge in [-0.25, -0.2) is 9.59 Å². The molecule has 2 aromatic rings. The summed E-state index contributed by atoms with van der Waals surface area (Å²) in [7, 11) is 2.55. The number of methoxy groups -OCH3 is 2. The third-order valence-corrected chi connectivity index (χ3v) is 6.26. The highest BCUT2D eigenvalue weighted by atomic mass is 32.1. The molecule has 1 saturated heterocycles. The lowest BCUT2D eigenvalue weighted by Gasteiger charge is -2.35. The van der Waals surface area contributed by atoms with Gasteiger partial charge in [-0.2, -0.15) is 0 Å². The second-order valence-corrected chi connectivity index (χ2v) is 7.84. The maximum Gasteiger partial charge on any atom is 0.348 e. The SMILES string of the molecule is COC(=O)c1sc(NC(=S)N2CCN(C(=O)c3ccco3)CC2)c(C(=O)OC)c1C. The first-order valence-corrected chi connectivity index (χ1v) is 10.3. The van der Waals surface area contributed by atoms with E-state index in [0.29, 0.717) is 52.5 Å². The van der Waals surface area contributed by atoms with Gasteiger partial charge in [0.1, 0.15) is 9.88 Å². The number of piperazine rings is 1. The molecule has 1 amide bonds. The Bertz CT molecular complexity index is 961. The van der Waals surface area contributed by atoms with Crippen LogP contribution in [-0.4, -0.2) is 73.2 Å². The Balaban J connectivity index is 1.70. The van der Waals surface area contributed by atoms with Gasteiger partial charge in [0.05, 0.1) is 26.0 Å². The van der Waals surface area contributed by atoms with Crippen LogP contribution in [0.5, 0.6) is 0 Å². The molecule has 3 rings (SSSR count). The number of nitrogens with zero attached hydrogens (tertiary/aromatic N) is 2. The molecule has 30 heavy (non-hydrogen) atoms. The lowest BCUT2D eigenvalue weighted by molar-refractivity contribution is 0.0600. The zero-order valence-corrected chi connectivity index (χ0v) is 18.4. The summed E-state index contributed by atoms with van der Waals surface area (Å²) < 4.78 is 14.8. The van der Waals surface area contributed by atoms with E-state index in [1.165, 1.54) is 20.5 Å². The van der Waals surface area contributed by atoms with E-state index in [1.807, 2.05) is 4.90 Å². The van der Waals surface area contributed by atoms with Crippen molar-refractivity contribution in [3.63, 3.8) is 0 Å². The molecule has 1 aliphatic rings. The molecule has 9 nitrogen and oxygen atoms in total. The van der Waals surface area contributed by atoms with Gasteiger partial charge in [-0.15, -0.1) is 11.3 Å². The third kappa shape index (κ3) is 4.31. The molecular weight excluding hydrogens is 430 g/mol. The molecule has 3 heterocycles. The van der Waals surface area contributed by atoms with Crippen LogP contribution in [0.15, 0.2) is 22.8 Å². The van der Waals surface area contributed by atoms with Crippen molar-refractivity contribution in [2.24, 2.45) is 0 Å². The molecule has 0 radical (unpaired) electrons. The van der Waals surface area contributed by atoms with Crippen molar-refractivity contribution in [1.29, 1.82) is 0 Å². The minimum atomic E-state index is -0.571. The highest BCUT2D eigenvalue weighted by Crippen LogP contribution is 2.34. The monoisotopic (exact) mass is 451 g/mol. The molecule has 0 spiro atoms. The van der Waals surface area contributed by atoms with Crippen molar-refractivity contribution in [3.05, 3.63) is 40.2 Å². The van der Waals surface area contributed by atoms with Crippen LogP contribution in [0.4, 0.5) is 5.00 Å². The van der Waals surface area contributed by atoms with E-state index in [-0.39, 0.29) is 11.5 Å². The van der Waals surface area contributed by atoms with Crippen molar-refractivity contribution in [1.82, 2.24) is 9.80 Å². The van der Waals surface area contributed by atoms with E-state index in [9.17, 15) is 14.4 Å². The predicted molar refractivity (Wildman–Crippen MR) is 114 cm³/mol. The number of rotatable bonds is 4. The summed E-state index contributed by atoms with van der Waals surface area (Å²) in [6.07, 6.45) is 1.47. The van der Waals surface area contributed by atoms with Crippen LogP contribution in [0.2, 0.25) is 0 Å². The summed E-state index contributed by atoms with van der Waals surface area (Å²) in [4.78, 5) is 40.5.